The largest absolute Gasteiger partial charge is 0.480 e. The summed E-state index contributed by atoms with van der Waals surface area (Å²) < 4.78 is 0. The molecule has 0 radical (unpaired) electrons. The molecule has 2 rings (SSSR count). The highest BCUT2D eigenvalue weighted by molar-refractivity contribution is 5.72. The molecule has 0 amide bonds. The summed E-state index contributed by atoms with van der Waals surface area (Å²) >= 11 is 0. The predicted octanol–water partition coefficient (Wildman–Crippen LogP) is 1.62. The van der Waals surface area contributed by atoms with Crippen molar-refractivity contribution in [3.05, 3.63) is 18.0 Å². The third-order valence-corrected chi connectivity index (χ3v) is 4.63. The van der Waals surface area contributed by atoms with Crippen LogP contribution in [0.5, 0.6) is 0 Å². The van der Waals surface area contributed by atoms with E-state index < -0.39 is 5.97 Å². The van der Waals surface area contributed by atoms with Gasteiger partial charge in [0.05, 0.1) is 0 Å². The Balaban J connectivity index is 2.01. The molecular weight excluding hydrogens is 268 g/mol. The SMILES string of the molecule is C[C@H]1CCN(Cc2cnc(N(C)CC(=O)O)nc2)C1(C)C. The Labute approximate surface area is 125 Å². The van der Waals surface area contributed by atoms with Crippen LogP contribution in [0.2, 0.25) is 0 Å². The number of carboxylic acids is 1. The standard InChI is InChI=1S/C15H24N4O2/c1-11-5-6-19(15(11,2)3)9-12-7-16-14(17-8-12)18(4)10-13(20)21/h7-8,11H,5-6,9-10H2,1-4H3,(H,20,21)/t11-/m0/s1. The van der Waals surface area contributed by atoms with Crippen LogP contribution in [0.3, 0.4) is 0 Å². The molecule has 1 aromatic rings. The van der Waals surface area contributed by atoms with Crippen molar-refractivity contribution in [1.29, 1.82) is 0 Å². The van der Waals surface area contributed by atoms with Gasteiger partial charge in [0.2, 0.25) is 5.95 Å². The highest BCUT2D eigenvalue weighted by Crippen LogP contribution is 2.34. The molecule has 1 saturated heterocycles. The Bertz CT molecular complexity index is 501. The molecule has 116 valence electrons. The molecule has 0 aromatic carbocycles. The van der Waals surface area contributed by atoms with Crippen molar-refractivity contribution in [2.75, 3.05) is 25.0 Å². The maximum absolute atomic E-state index is 10.7. The number of hydrogen-bond acceptors (Lipinski definition) is 5. The quantitative estimate of drug-likeness (QED) is 0.889. The molecular formula is C15H24N4O2. The Morgan fingerprint density at radius 1 is 1.48 bits per heavy atom. The minimum Gasteiger partial charge on any atom is -0.480 e. The Morgan fingerprint density at radius 3 is 2.57 bits per heavy atom. The molecule has 0 aliphatic carbocycles. The van der Waals surface area contributed by atoms with E-state index in [0.717, 1.165) is 18.7 Å². The van der Waals surface area contributed by atoms with Crippen molar-refractivity contribution in [3.63, 3.8) is 0 Å². The van der Waals surface area contributed by atoms with E-state index in [2.05, 4.69) is 35.6 Å². The Kier molecular flexibility index (Phi) is 4.46. The highest BCUT2D eigenvalue weighted by atomic mass is 16.4. The van der Waals surface area contributed by atoms with Crippen LogP contribution in [-0.2, 0) is 11.3 Å². The summed E-state index contributed by atoms with van der Waals surface area (Å²) in [6.45, 7) is 8.67. The van der Waals surface area contributed by atoms with Crippen LogP contribution in [0.15, 0.2) is 12.4 Å². The van der Waals surface area contributed by atoms with Gasteiger partial charge < -0.3 is 10.0 Å². The first-order valence-corrected chi connectivity index (χ1v) is 7.29. The molecule has 6 heteroatoms. The van der Waals surface area contributed by atoms with Crippen molar-refractivity contribution < 1.29 is 9.90 Å². The molecule has 21 heavy (non-hydrogen) atoms. The fraction of sp³-hybridized carbons (Fsp3) is 0.667. The van der Waals surface area contributed by atoms with Crippen LogP contribution in [0.4, 0.5) is 5.95 Å². The van der Waals surface area contributed by atoms with Gasteiger partial charge in [-0.15, -0.1) is 0 Å². The Morgan fingerprint density at radius 2 is 2.10 bits per heavy atom. The van der Waals surface area contributed by atoms with Gasteiger partial charge in [0.1, 0.15) is 6.54 Å². The van der Waals surface area contributed by atoms with Crippen molar-refractivity contribution in [3.8, 4) is 0 Å². The van der Waals surface area contributed by atoms with Crippen molar-refractivity contribution in [2.45, 2.75) is 39.3 Å². The van der Waals surface area contributed by atoms with Gasteiger partial charge in [-0.25, -0.2) is 9.97 Å². The zero-order valence-corrected chi connectivity index (χ0v) is 13.2. The number of likely N-dealkylation sites (tertiary alicyclic amines) is 1. The molecule has 1 fully saturated rings. The molecule has 1 aromatic heterocycles. The number of carboxylic acid groups (broad SMARTS) is 1. The maximum Gasteiger partial charge on any atom is 0.323 e. The number of likely N-dealkylation sites (N-methyl/N-ethyl adjacent to an activating group) is 1. The summed E-state index contributed by atoms with van der Waals surface area (Å²) in [5.74, 6) is 0.229. The molecule has 1 aliphatic rings. The normalized spacial score (nSPS) is 21.4. The summed E-state index contributed by atoms with van der Waals surface area (Å²) in [6.07, 6.45) is 4.80. The zero-order valence-electron chi connectivity index (χ0n) is 13.2. The average Bonchev–Trinajstić information content (AvgIpc) is 2.65. The van der Waals surface area contributed by atoms with Gasteiger partial charge in [0, 0.05) is 37.1 Å². The molecule has 0 unspecified atom stereocenters. The van der Waals surface area contributed by atoms with Crippen LogP contribution in [-0.4, -0.2) is 51.6 Å². The summed E-state index contributed by atoms with van der Waals surface area (Å²) in [5, 5.41) is 8.77. The van der Waals surface area contributed by atoms with E-state index in [4.69, 9.17) is 5.11 Å². The number of hydrogen-bond donors (Lipinski definition) is 1. The molecule has 2 heterocycles. The highest BCUT2D eigenvalue weighted by Gasteiger charge is 2.38. The van der Waals surface area contributed by atoms with Crippen LogP contribution >= 0.6 is 0 Å². The van der Waals surface area contributed by atoms with E-state index >= 15 is 0 Å². The smallest absolute Gasteiger partial charge is 0.323 e. The van der Waals surface area contributed by atoms with Gasteiger partial charge >= 0.3 is 5.97 Å². The first-order valence-electron chi connectivity index (χ1n) is 7.29. The number of carbonyl (C=O) groups is 1. The second kappa shape index (κ2) is 5.97. The fourth-order valence-corrected chi connectivity index (χ4v) is 2.71. The summed E-state index contributed by atoms with van der Waals surface area (Å²) in [5.41, 5.74) is 1.25. The molecule has 0 spiro atoms. The van der Waals surface area contributed by atoms with E-state index in [-0.39, 0.29) is 12.1 Å². The number of nitrogens with zero attached hydrogens (tertiary/aromatic N) is 4. The van der Waals surface area contributed by atoms with Gasteiger partial charge in [0.25, 0.3) is 0 Å². The van der Waals surface area contributed by atoms with E-state index in [0.29, 0.717) is 11.9 Å². The lowest BCUT2D eigenvalue weighted by Crippen LogP contribution is -2.41. The van der Waals surface area contributed by atoms with Gasteiger partial charge in [-0.05, 0) is 32.7 Å². The lowest BCUT2D eigenvalue weighted by atomic mass is 9.90. The molecule has 1 aliphatic heterocycles. The molecule has 0 bridgehead atoms. The van der Waals surface area contributed by atoms with Crippen molar-refractivity contribution in [1.82, 2.24) is 14.9 Å². The summed E-state index contributed by atoms with van der Waals surface area (Å²) in [7, 11) is 1.67. The molecule has 6 nitrogen and oxygen atoms in total. The van der Waals surface area contributed by atoms with Gasteiger partial charge in [-0.1, -0.05) is 6.92 Å². The topological polar surface area (TPSA) is 69.6 Å². The molecule has 1 N–H and O–H groups in total. The van der Waals surface area contributed by atoms with Crippen LogP contribution in [0, 0.1) is 5.92 Å². The number of aromatic nitrogens is 2. The first-order chi connectivity index (χ1) is 9.80. The number of rotatable bonds is 5. The predicted molar refractivity (Wildman–Crippen MR) is 81.2 cm³/mol. The molecule has 0 saturated carbocycles. The molecule has 1 atom stereocenters. The third-order valence-electron chi connectivity index (χ3n) is 4.63. The fourth-order valence-electron chi connectivity index (χ4n) is 2.71. The number of aliphatic carboxylic acids is 1. The van der Waals surface area contributed by atoms with E-state index in [1.807, 2.05) is 0 Å². The van der Waals surface area contributed by atoms with Crippen LogP contribution < -0.4 is 4.90 Å². The summed E-state index contributed by atoms with van der Waals surface area (Å²) in [4.78, 5) is 23.2. The third kappa shape index (κ3) is 3.50. The maximum atomic E-state index is 10.7. The lowest BCUT2D eigenvalue weighted by Gasteiger charge is -2.34. The minimum atomic E-state index is -0.891. The minimum absolute atomic E-state index is 0.101. The zero-order chi connectivity index (χ0) is 15.6. The van der Waals surface area contributed by atoms with E-state index in [9.17, 15) is 4.79 Å². The van der Waals surface area contributed by atoms with Gasteiger partial charge in [-0.3, -0.25) is 9.69 Å². The van der Waals surface area contributed by atoms with Gasteiger partial charge in [0.15, 0.2) is 0 Å². The second-order valence-electron chi connectivity index (χ2n) is 6.41. The van der Waals surface area contributed by atoms with Crippen molar-refractivity contribution in [2.24, 2.45) is 5.92 Å². The average molecular weight is 292 g/mol. The van der Waals surface area contributed by atoms with Crippen LogP contribution in [0.25, 0.3) is 0 Å². The first kappa shape index (κ1) is 15.7. The van der Waals surface area contributed by atoms with Crippen molar-refractivity contribution >= 4 is 11.9 Å². The Hall–Kier alpha value is -1.69. The van der Waals surface area contributed by atoms with E-state index in [1.54, 1.807) is 19.4 Å². The lowest BCUT2D eigenvalue weighted by molar-refractivity contribution is -0.135. The monoisotopic (exact) mass is 292 g/mol. The summed E-state index contributed by atoms with van der Waals surface area (Å²) in [6, 6.07) is 0. The second-order valence-corrected chi connectivity index (χ2v) is 6.41. The van der Waals surface area contributed by atoms with E-state index in [1.165, 1.54) is 11.3 Å². The number of anilines is 1. The van der Waals surface area contributed by atoms with Gasteiger partial charge in [-0.2, -0.15) is 0 Å². The van der Waals surface area contributed by atoms with Crippen LogP contribution in [0.1, 0.15) is 32.8 Å².